The molecule has 0 aliphatic carbocycles. The normalized spacial score (nSPS) is 10.7. The number of rotatable bonds is 7. The van der Waals surface area contributed by atoms with E-state index in [-0.39, 0.29) is 17.6 Å². The third-order valence-electron chi connectivity index (χ3n) is 3.83. The number of halogens is 1. The van der Waals surface area contributed by atoms with Crippen molar-refractivity contribution in [2.24, 2.45) is 0 Å². The van der Waals surface area contributed by atoms with Crippen molar-refractivity contribution in [3.8, 4) is 0 Å². The molecule has 6 heteroatoms. The summed E-state index contributed by atoms with van der Waals surface area (Å²) in [4.78, 5) is 25.2. The maximum absolute atomic E-state index is 12.1. The van der Waals surface area contributed by atoms with Crippen LogP contribution in [0.4, 0.5) is 11.4 Å². The second-order valence-electron chi connectivity index (χ2n) is 6.10. The van der Waals surface area contributed by atoms with Crippen LogP contribution in [-0.2, 0) is 9.59 Å². The molecule has 0 bridgehead atoms. The van der Waals surface area contributed by atoms with Gasteiger partial charge in [0.2, 0.25) is 11.8 Å². The molecule has 0 spiro atoms. The van der Waals surface area contributed by atoms with Gasteiger partial charge in [0.05, 0.1) is 5.75 Å². The molecule has 4 nitrogen and oxygen atoms in total. The van der Waals surface area contributed by atoms with Crippen molar-refractivity contribution in [2.45, 2.75) is 4.90 Å². The van der Waals surface area contributed by atoms with Gasteiger partial charge in [-0.05, 0) is 76.7 Å². The lowest BCUT2D eigenvalue weighted by atomic mass is 10.2. The van der Waals surface area contributed by atoms with E-state index in [1.54, 1.807) is 6.08 Å². The Balaban J connectivity index is 1.51. The van der Waals surface area contributed by atoms with Crippen LogP contribution in [0.3, 0.4) is 0 Å². The summed E-state index contributed by atoms with van der Waals surface area (Å²) in [6.45, 7) is 0. The largest absolute Gasteiger partial charge is 0.325 e. The molecule has 0 radical (unpaired) electrons. The predicted molar refractivity (Wildman–Crippen MR) is 129 cm³/mol. The summed E-state index contributed by atoms with van der Waals surface area (Å²) in [5.74, 6) is 0.0148. The predicted octanol–water partition coefficient (Wildman–Crippen LogP) is 5.67. The molecule has 0 aromatic heterocycles. The Morgan fingerprint density at radius 2 is 1.62 bits per heavy atom. The van der Waals surface area contributed by atoms with Crippen LogP contribution in [0.2, 0.25) is 0 Å². The lowest BCUT2D eigenvalue weighted by Crippen LogP contribution is -2.13. The van der Waals surface area contributed by atoms with Gasteiger partial charge in [0.1, 0.15) is 0 Å². The molecule has 0 fully saturated rings. The summed E-state index contributed by atoms with van der Waals surface area (Å²) in [5.41, 5.74) is 2.43. The van der Waals surface area contributed by atoms with Gasteiger partial charge in [-0.3, -0.25) is 9.59 Å². The van der Waals surface area contributed by atoms with Crippen LogP contribution in [0.15, 0.2) is 89.8 Å². The number of hydrogen-bond acceptors (Lipinski definition) is 3. The molecule has 0 aliphatic rings. The Morgan fingerprint density at radius 1 is 0.862 bits per heavy atom. The molecule has 146 valence electrons. The van der Waals surface area contributed by atoms with Crippen molar-refractivity contribution in [3.05, 3.63) is 94.1 Å². The zero-order valence-corrected chi connectivity index (χ0v) is 18.4. The minimum absolute atomic E-state index is 0.0727. The number of anilines is 2. The lowest BCUT2D eigenvalue weighted by Gasteiger charge is -2.07. The van der Waals surface area contributed by atoms with Gasteiger partial charge in [0.15, 0.2) is 0 Å². The van der Waals surface area contributed by atoms with E-state index < -0.39 is 0 Å². The maximum Gasteiger partial charge on any atom is 0.248 e. The standard InChI is InChI=1S/C23H19IN2O2S/c24-18-10-12-19(13-11-18)25-23(28)16-29-21-8-4-7-20(15-21)26-22(27)14-9-17-5-2-1-3-6-17/h1-15H,16H2,(H,25,28)(H,26,27)/b14-9+. The topological polar surface area (TPSA) is 58.2 Å². The van der Waals surface area contributed by atoms with Crippen LogP contribution in [0.1, 0.15) is 5.56 Å². The Bertz CT molecular complexity index is 1000. The van der Waals surface area contributed by atoms with Crippen LogP contribution < -0.4 is 10.6 Å². The molecule has 0 atom stereocenters. The molecule has 0 unspecified atom stereocenters. The molecule has 0 aliphatic heterocycles. The van der Waals surface area contributed by atoms with E-state index in [4.69, 9.17) is 0 Å². The van der Waals surface area contributed by atoms with Crippen molar-refractivity contribution in [1.82, 2.24) is 0 Å². The summed E-state index contributed by atoms with van der Waals surface area (Å²) in [5, 5.41) is 5.72. The van der Waals surface area contributed by atoms with Crippen LogP contribution in [0.25, 0.3) is 6.08 Å². The molecule has 2 N–H and O–H groups in total. The van der Waals surface area contributed by atoms with Crippen molar-refractivity contribution in [2.75, 3.05) is 16.4 Å². The summed E-state index contributed by atoms with van der Waals surface area (Å²) in [7, 11) is 0. The SMILES string of the molecule is O=C(/C=C/c1ccccc1)Nc1cccc(SCC(=O)Nc2ccc(I)cc2)c1. The van der Waals surface area contributed by atoms with E-state index >= 15 is 0 Å². The quantitative estimate of drug-likeness (QED) is 0.243. The third-order valence-corrected chi connectivity index (χ3v) is 5.54. The first-order chi connectivity index (χ1) is 14.1. The van der Waals surface area contributed by atoms with Crippen molar-refractivity contribution < 1.29 is 9.59 Å². The first-order valence-corrected chi connectivity index (χ1v) is 11.0. The van der Waals surface area contributed by atoms with Crippen LogP contribution in [0, 0.1) is 3.57 Å². The van der Waals surface area contributed by atoms with Crippen LogP contribution in [0.5, 0.6) is 0 Å². The number of carbonyl (C=O) groups is 2. The van der Waals surface area contributed by atoms with Gasteiger partial charge in [-0.15, -0.1) is 11.8 Å². The second-order valence-corrected chi connectivity index (χ2v) is 8.40. The molecule has 3 aromatic carbocycles. The first kappa shape index (κ1) is 21.1. The molecule has 3 rings (SSSR count). The number of thioether (sulfide) groups is 1. The van der Waals surface area contributed by atoms with Crippen LogP contribution >= 0.6 is 34.4 Å². The third kappa shape index (κ3) is 7.40. The average molecular weight is 514 g/mol. The minimum atomic E-state index is -0.201. The number of nitrogens with one attached hydrogen (secondary N) is 2. The Labute approximate surface area is 187 Å². The minimum Gasteiger partial charge on any atom is -0.325 e. The van der Waals surface area contributed by atoms with Crippen LogP contribution in [-0.4, -0.2) is 17.6 Å². The molecule has 0 saturated heterocycles. The van der Waals surface area contributed by atoms with E-state index in [9.17, 15) is 9.59 Å². The summed E-state index contributed by atoms with van der Waals surface area (Å²) >= 11 is 3.64. The Hall–Kier alpha value is -2.58. The van der Waals surface area contributed by atoms with E-state index in [0.717, 1.165) is 19.7 Å². The maximum atomic E-state index is 12.1. The number of carbonyl (C=O) groups excluding carboxylic acids is 2. The highest BCUT2D eigenvalue weighted by atomic mass is 127. The molecule has 2 amide bonds. The average Bonchev–Trinajstić information content (AvgIpc) is 2.73. The molecular weight excluding hydrogens is 495 g/mol. The highest BCUT2D eigenvalue weighted by Gasteiger charge is 2.05. The van der Waals surface area contributed by atoms with Crippen molar-refractivity contribution in [3.63, 3.8) is 0 Å². The molecule has 0 heterocycles. The van der Waals surface area contributed by atoms with Gasteiger partial charge < -0.3 is 10.6 Å². The Kier molecular flexibility index (Phi) is 7.89. The number of benzene rings is 3. The summed E-state index contributed by atoms with van der Waals surface area (Å²) in [6, 6.07) is 24.7. The molecule has 29 heavy (non-hydrogen) atoms. The highest BCUT2D eigenvalue weighted by Crippen LogP contribution is 2.22. The number of hydrogen-bond donors (Lipinski definition) is 2. The van der Waals surface area contributed by atoms with E-state index in [1.807, 2.05) is 78.9 Å². The van der Waals surface area contributed by atoms with Gasteiger partial charge in [-0.2, -0.15) is 0 Å². The van der Waals surface area contributed by atoms with Crippen molar-refractivity contribution >= 4 is 63.6 Å². The summed E-state index contributed by atoms with van der Waals surface area (Å²) < 4.78 is 1.12. The van der Waals surface area contributed by atoms with E-state index in [1.165, 1.54) is 17.8 Å². The molecule has 0 saturated carbocycles. The van der Waals surface area contributed by atoms with E-state index in [2.05, 4.69) is 33.2 Å². The number of amides is 2. The summed E-state index contributed by atoms with van der Waals surface area (Å²) in [6.07, 6.45) is 3.27. The fourth-order valence-electron chi connectivity index (χ4n) is 2.46. The van der Waals surface area contributed by atoms with Gasteiger partial charge in [-0.1, -0.05) is 36.4 Å². The van der Waals surface area contributed by atoms with Gasteiger partial charge >= 0.3 is 0 Å². The van der Waals surface area contributed by atoms with Gasteiger partial charge in [0.25, 0.3) is 0 Å². The molecular formula is C23H19IN2O2S. The van der Waals surface area contributed by atoms with E-state index in [0.29, 0.717) is 5.69 Å². The zero-order chi connectivity index (χ0) is 20.5. The second kappa shape index (κ2) is 10.8. The van der Waals surface area contributed by atoms with Gasteiger partial charge in [-0.25, -0.2) is 0 Å². The first-order valence-electron chi connectivity index (χ1n) is 8.91. The fourth-order valence-corrected chi connectivity index (χ4v) is 3.58. The monoisotopic (exact) mass is 514 g/mol. The fraction of sp³-hybridized carbons (Fsp3) is 0.0435. The Morgan fingerprint density at radius 3 is 2.38 bits per heavy atom. The smallest absolute Gasteiger partial charge is 0.248 e. The molecule has 3 aromatic rings. The zero-order valence-electron chi connectivity index (χ0n) is 15.5. The lowest BCUT2D eigenvalue weighted by molar-refractivity contribution is -0.114. The van der Waals surface area contributed by atoms with Gasteiger partial charge in [0, 0.05) is 25.9 Å². The highest BCUT2D eigenvalue weighted by molar-refractivity contribution is 14.1. The van der Waals surface area contributed by atoms with Crippen molar-refractivity contribution in [1.29, 1.82) is 0 Å².